The number of nitrogens with one attached hydrogen (secondary N) is 2. The number of nitrogens with zero attached hydrogens (tertiary/aromatic N) is 1. The van der Waals surface area contributed by atoms with Crippen LogP contribution in [0.25, 0.3) is 0 Å². The Bertz CT molecular complexity index is 487. The van der Waals surface area contributed by atoms with Gasteiger partial charge >= 0.3 is 0 Å². The molecule has 0 radical (unpaired) electrons. The van der Waals surface area contributed by atoms with Gasteiger partial charge in [0.25, 0.3) is 0 Å². The van der Waals surface area contributed by atoms with Gasteiger partial charge in [-0.2, -0.15) is 0 Å². The van der Waals surface area contributed by atoms with Gasteiger partial charge < -0.3 is 20.1 Å². The van der Waals surface area contributed by atoms with Crippen LogP contribution >= 0.6 is 0 Å². The first-order valence-electron chi connectivity index (χ1n) is 9.48. The van der Waals surface area contributed by atoms with Gasteiger partial charge in [0.15, 0.2) is 5.96 Å². The third kappa shape index (κ3) is 8.36. The largest absolute Gasteiger partial charge is 0.381 e. The zero-order chi connectivity index (χ0) is 17.7. The van der Waals surface area contributed by atoms with Crippen molar-refractivity contribution >= 4 is 5.96 Å². The second-order valence-electron chi connectivity index (χ2n) is 6.60. The Morgan fingerprint density at radius 1 is 1.28 bits per heavy atom. The van der Waals surface area contributed by atoms with Crippen molar-refractivity contribution in [2.45, 2.75) is 51.2 Å². The number of aliphatic imine (C=N–C) groups is 1. The molecule has 0 saturated carbocycles. The molecule has 1 saturated heterocycles. The molecular formula is C20H33N3O2. The van der Waals surface area contributed by atoms with Crippen molar-refractivity contribution in [2.75, 3.05) is 33.4 Å². The van der Waals surface area contributed by atoms with E-state index in [2.05, 4.69) is 52.9 Å². The fourth-order valence-electron chi connectivity index (χ4n) is 2.90. The van der Waals surface area contributed by atoms with Crippen LogP contribution in [0, 0.1) is 0 Å². The van der Waals surface area contributed by atoms with Crippen LogP contribution in [0.15, 0.2) is 35.3 Å². The molecule has 2 N–H and O–H groups in total. The van der Waals surface area contributed by atoms with E-state index >= 15 is 0 Å². The van der Waals surface area contributed by atoms with Crippen molar-refractivity contribution in [2.24, 2.45) is 4.99 Å². The van der Waals surface area contributed by atoms with Gasteiger partial charge in [-0.25, -0.2) is 0 Å². The zero-order valence-corrected chi connectivity index (χ0v) is 15.7. The predicted molar refractivity (Wildman–Crippen MR) is 103 cm³/mol. The number of hydrogen-bond donors (Lipinski definition) is 2. The monoisotopic (exact) mass is 347 g/mol. The van der Waals surface area contributed by atoms with E-state index in [1.165, 1.54) is 5.56 Å². The van der Waals surface area contributed by atoms with Crippen molar-refractivity contribution in [3.63, 3.8) is 0 Å². The van der Waals surface area contributed by atoms with Crippen molar-refractivity contribution < 1.29 is 9.47 Å². The van der Waals surface area contributed by atoms with E-state index in [1.54, 1.807) is 0 Å². The second-order valence-corrected chi connectivity index (χ2v) is 6.60. The van der Waals surface area contributed by atoms with Crippen LogP contribution in [0.4, 0.5) is 0 Å². The number of rotatable bonds is 9. The molecule has 0 spiro atoms. The maximum absolute atomic E-state index is 5.89. The molecule has 0 bridgehead atoms. The van der Waals surface area contributed by atoms with E-state index in [0.29, 0.717) is 12.1 Å². The molecule has 140 valence electrons. The number of hydrogen-bond acceptors (Lipinski definition) is 3. The van der Waals surface area contributed by atoms with Crippen molar-refractivity contribution in [1.29, 1.82) is 0 Å². The molecule has 0 aliphatic carbocycles. The lowest BCUT2D eigenvalue weighted by molar-refractivity contribution is -0.0320. The smallest absolute Gasteiger partial charge is 0.191 e. The summed E-state index contributed by atoms with van der Waals surface area (Å²) < 4.78 is 11.2. The molecule has 0 aromatic heterocycles. The van der Waals surface area contributed by atoms with Crippen LogP contribution in [0.5, 0.6) is 0 Å². The lowest BCUT2D eigenvalue weighted by atomic mass is 10.1. The zero-order valence-electron chi connectivity index (χ0n) is 15.7. The highest BCUT2D eigenvalue weighted by atomic mass is 16.5. The molecule has 5 nitrogen and oxygen atoms in total. The van der Waals surface area contributed by atoms with Gasteiger partial charge in [-0.05, 0) is 44.6 Å². The molecule has 25 heavy (non-hydrogen) atoms. The summed E-state index contributed by atoms with van der Waals surface area (Å²) >= 11 is 0. The Morgan fingerprint density at radius 3 is 2.76 bits per heavy atom. The van der Waals surface area contributed by atoms with Crippen molar-refractivity contribution in [1.82, 2.24) is 10.6 Å². The Morgan fingerprint density at radius 2 is 2.04 bits per heavy atom. The first-order valence-corrected chi connectivity index (χ1v) is 9.48. The SMILES string of the molecule is CN=C(NCCCOC1CCOCC1)NC(C)CCc1ccccc1. The van der Waals surface area contributed by atoms with Gasteiger partial charge in [0.1, 0.15) is 0 Å². The molecule has 1 aliphatic rings. The molecule has 1 aliphatic heterocycles. The summed E-state index contributed by atoms with van der Waals surface area (Å²) in [5.41, 5.74) is 1.38. The summed E-state index contributed by atoms with van der Waals surface area (Å²) in [5, 5.41) is 6.83. The maximum Gasteiger partial charge on any atom is 0.191 e. The molecule has 1 aromatic carbocycles. The Balaban J connectivity index is 1.55. The van der Waals surface area contributed by atoms with Gasteiger partial charge in [-0.1, -0.05) is 30.3 Å². The fraction of sp³-hybridized carbons (Fsp3) is 0.650. The molecule has 1 fully saturated rings. The van der Waals surface area contributed by atoms with Crippen LogP contribution in [0.2, 0.25) is 0 Å². The van der Waals surface area contributed by atoms with E-state index in [1.807, 2.05) is 7.05 Å². The Hall–Kier alpha value is -1.59. The van der Waals surface area contributed by atoms with Gasteiger partial charge in [-0.15, -0.1) is 0 Å². The number of guanidine groups is 1. The average Bonchev–Trinajstić information content (AvgIpc) is 2.67. The van der Waals surface area contributed by atoms with Gasteiger partial charge in [-0.3, -0.25) is 4.99 Å². The standard InChI is InChI=1S/C20H33N3O2/c1-17(9-10-18-7-4-3-5-8-18)23-20(21-2)22-13-6-14-25-19-11-15-24-16-12-19/h3-5,7-8,17,19H,6,9-16H2,1-2H3,(H2,21,22,23). The van der Waals surface area contributed by atoms with Gasteiger partial charge in [0, 0.05) is 39.5 Å². The normalized spacial score (nSPS) is 17.3. The quantitative estimate of drug-likeness (QED) is 0.410. The first-order chi connectivity index (χ1) is 12.3. The summed E-state index contributed by atoms with van der Waals surface area (Å²) in [5.74, 6) is 0.867. The summed E-state index contributed by atoms with van der Waals surface area (Å²) in [6.45, 7) is 5.53. The summed E-state index contributed by atoms with van der Waals surface area (Å²) in [7, 11) is 1.82. The van der Waals surface area contributed by atoms with Crippen LogP contribution in [-0.4, -0.2) is 51.5 Å². The minimum atomic E-state index is 0.379. The Labute approximate surface area is 152 Å². The van der Waals surface area contributed by atoms with Crippen molar-refractivity contribution in [3.8, 4) is 0 Å². The first kappa shape index (κ1) is 19.7. The van der Waals surface area contributed by atoms with E-state index in [9.17, 15) is 0 Å². The number of benzene rings is 1. The van der Waals surface area contributed by atoms with Crippen LogP contribution in [0.3, 0.4) is 0 Å². The molecule has 2 rings (SSSR count). The van der Waals surface area contributed by atoms with E-state index in [4.69, 9.17) is 9.47 Å². The van der Waals surface area contributed by atoms with Gasteiger partial charge in [0.05, 0.1) is 6.10 Å². The molecule has 0 amide bonds. The van der Waals surface area contributed by atoms with E-state index < -0.39 is 0 Å². The van der Waals surface area contributed by atoms with Crippen LogP contribution in [-0.2, 0) is 15.9 Å². The lowest BCUT2D eigenvalue weighted by Gasteiger charge is -2.22. The van der Waals surface area contributed by atoms with Crippen LogP contribution < -0.4 is 10.6 Å². The third-order valence-electron chi connectivity index (χ3n) is 4.45. The van der Waals surface area contributed by atoms with E-state index in [0.717, 1.165) is 64.4 Å². The van der Waals surface area contributed by atoms with Crippen molar-refractivity contribution in [3.05, 3.63) is 35.9 Å². The fourth-order valence-corrected chi connectivity index (χ4v) is 2.90. The molecule has 1 aromatic rings. The maximum atomic E-state index is 5.89. The van der Waals surface area contributed by atoms with E-state index in [-0.39, 0.29) is 0 Å². The number of ether oxygens (including phenoxy) is 2. The number of aryl methyl sites for hydroxylation is 1. The predicted octanol–water partition coefficient (Wildman–Crippen LogP) is 2.76. The third-order valence-corrected chi connectivity index (χ3v) is 4.45. The minimum Gasteiger partial charge on any atom is -0.381 e. The second kappa shape index (κ2) is 11.9. The topological polar surface area (TPSA) is 54.9 Å². The molecule has 1 heterocycles. The Kier molecular flexibility index (Phi) is 9.37. The highest BCUT2D eigenvalue weighted by Gasteiger charge is 2.13. The molecular weight excluding hydrogens is 314 g/mol. The minimum absolute atomic E-state index is 0.379. The lowest BCUT2D eigenvalue weighted by Crippen LogP contribution is -2.42. The highest BCUT2D eigenvalue weighted by molar-refractivity contribution is 5.79. The summed E-state index contributed by atoms with van der Waals surface area (Å²) in [6.07, 6.45) is 5.56. The molecule has 1 atom stereocenters. The average molecular weight is 348 g/mol. The molecule has 1 unspecified atom stereocenters. The highest BCUT2D eigenvalue weighted by Crippen LogP contribution is 2.10. The van der Waals surface area contributed by atoms with Gasteiger partial charge in [0.2, 0.25) is 0 Å². The summed E-state index contributed by atoms with van der Waals surface area (Å²) in [4.78, 5) is 4.31. The molecule has 5 heteroatoms. The summed E-state index contributed by atoms with van der Waals surface area (Å²) in [6, 6.07) is 11.0. The van der Waals surface area contributed by atoms with Crippen LogP contribution in [0.1, 0.15) is 38.2 Å².